The van der Waals surface area contributed by atoms with Gasteiger partial charge in [0.05, 0.1) is 23.8 Å². The fraction of sp³-hybridized carbons (Fsp3) is 0.500. The van der Waals surface area contributed by atoms with Crippen molar-refractivity contribution in [2.75, 3.05) is 13.1 Å². The molecule has 152 valence electrons. The van der Waals surface area contributed by atoms with Gasteiger partial charge in [-0.15, -0.1) is 0 Å². The first-order chi connectivity index (χ1) is 14.0. The molecule has 5 rings (SSSR count). The Labute approximate surface area is 169 Å². The van der Waals surface area contributed by atoms with Crippen molar-refractivity contribution in [3.63, 3.8) is 0 Å². The average molecular weight is 395 g/mol. The lowest BCUT2D eigenvalue weighted by Crippen LogP contribution is -2.33. The number of pyridine rings is 1. The zero-order valence-electron chi connectivity index (χ0n) is 16.9. The van der Waals surface area contributed by atoms with Crippen molar-refractivity contribution in [1.82, 2.24) is 24.4 Å². The lowest BCUT2D eigenvalue weighted by atomic mass is 9.96. The van der Waals surface area contributed by atoms with E-state index in [0.29, 0.717) is 12.6 Å². The Balaban J connectivity index is 1.65. The standard InChI is InChI=1S/C22H26FN5O/c1-14-5-6-15(11-24-14)22(2,29)13-28-17-7-9-27-8-3-4-16(27)20(17)21-18(28)12-25-19(10-23)26-21/h5-6,11-12,16,29H,3-4,7-10,13H2,1-2H3. The van der Waals surface area contributed by atoms with E-state index in [0.717, 1.165) is 48.2 Å². The van der Waals surface area contributed by atoms with Crippen LogP contribution in [0, 0.1) is 6.92 Å². The predicted octanol–water partition coefficient (Wildman–Crippen LogP) is 3.20. The second-order valence-electron chi connectivity index (χ2n) is 8.51. The monoisotopic (exact) mass is 395 g/mol. The second-order valence-corrected chi connectivity index (χ2v) is 8.51. The molecule has 3 aromatic heterocycles. The number of aryl methyl sites for hydroxylation is 1. The quantitative estimate of drug-likeness (QED) is 0.735. The molecule has 3 aromatic rings. The molecule has 0 amide bonds. The van der Waals surface area contributed by atoms with E-state index >= 15 is 0 Å². The first-order valence-electron chi connectivity index (χ1n) is 10.3. The van der Waals surface area contributed by atoms with Crippen LogP contribution in [0.15, 0.2) is 24.5 Å². The highest BCUT2D eigenvalue weighted by Gasteiger charge is 2.37. The van der Waals surface area contributed by atoms with Crippen LogP contribution in [0.5, 0.6) is 0 Å². The Morgan fingerprint density at radius 1 is 1.24 bits per heavy atom. The highest BCUT2D eigenvalue weighted by molar-refractivity contribution is 5.82. The fourth-order valence-corrected chi connectivity index (χ4v) is 4.96. The van der Waals surface area contributed by atoms with Crippen molar-refractivity contribution in [3.05, 3.63) is 52.9 Å². The summed E-state index contributed by atoms with van der Waals surface area (Å²) in [5, 5.41) is 11.3. The van der Waals surface area contributed by atoms with E-state index in [1.807, 2.05) is 26.0 Å². The number of alkyl halides is 1. The first kappa shape index (κ1) is 18.6. The molecule has 2 atom stereocenters. The Morgan fingerprint density at radius 3 is 2.86 bits per heavy atom. The van der Waals surface area contributed by atoms with Gasteiger partial charge in [0, 0.05) is 47.7 Å². The number of hydrogen-bond acceptors (Lipinski definition) is 5. The van der Waals surface area contributed by atoms with Gasteiger partial charge in [0.1, 0.15) is 12.3 Å². The van der Waals surface area contributed by atoms with Crippen LogP contribution in [-0.4, -0.2) is 42.6 Å². The van der Waals surface area contributed by atoms with Gasteiger partial charge in [-0.3, -0.25) is 9.88 Å². The van der Waals surface area contributed by atoms with Crippen LogP contribution in [0.4, 0.5) is 4.39 Å². The van der Waals surface area contributed by atoms with Gasteiger partial charge >= 0.3 is 0 Å². The van der Waals surface area contributed by atoms with E-state index in [2.05, 4.69) is 24.4 Å². The molecule has 6 nitrogen and oxygen atoms in total. The molecule has 7 heteroatoms. The maximum Gasteiger partial charge on any atom is 0.160 e. The molecule has 1 N–H and O–H groups in total. The molecule has 29 heavy (non-hydrogen) atoms. The van der Waals surface area contributed by atoms with Crippen molar-refractivity contribution in [2.45, 2.75) is 58.0 Å². The minimum Gasteiger partial charge on any atom is -0.384 e. The topological polar surface area (TPSA) is 67.1 Å². The number of aliphatic hydroxyl groups is 1. The molecular formula is C22H26FN5O. The molecule has 1 saturated heterocycles. The third kappa shape index (κ3) is 3.04. The Bertz CT molecular complexity index is 1060. The molecule has 0 bridgehead atoms. The van der Waals surface area contributed by atoms with Gasteiger partial charge in [-0.2, -0.15) is 0 Å². The van der Waals surface area contributed by atoms with Crippen LogP contribution in [0.3, 0.4) is 0 Å². The van der Waals surface area contributed by atoms with Crippen LogP contribution >= 0.6 is 0 Å². The molecule has 0 spiro atoms. The van der Waals surface area contributed by atoms with E-state index in [1.165, 1.54) is 17.7 Å². The van der Waals surface area contributed by atoms with Gasteiger partial charge in [-0.25, -0.2) is 14.4 Å². The third-order valence-electron chi connectivity index (χ3n) is 6.45. The van der Waals surface area contributed by atoms with Crippen LogP contribution in [0.1, 0.15) is 54.1 Å². The van der Waals surface area contributed by atoms with Crippen molar-refractivity contribution in [2.24, 2.45) is 0 Å². The summed E-state index contributed by atoms with van der Waals surface area (Å²) in [4.78, 5) is 15.6. The molecular weight excluding hydrogens is 369 g/mol. The van der Waals surface area contributed by atoms with Crippen LogP contribution in [0.2, 0.25) is 0 Å². The van der Waals surface area contributed by atoms with E-state index in [-0.39, 0.29) is 5.82 Å². The minimum atomic E-state index is -1.09. The van der Waals surface area contributed by atoms with Crippen molar-refractivity contribution >= 4 is 11.0 Å². The summed E-state index contributed by atoms with van der Waals surface area (Å²) >= 11 is 0. The number of hydrogen-bond donors (Lipinski definition) is 1. The van der Waals surface area contributed by atoms with Crippen molar-refractivity contribution in [1.29, 1.82) is 0 Å². The molecule has 0 aliphatic carbocycles. The summed E-state index contributed by atoms with van der Waals surface area (Å²) in [6, 6.07) is 4.17. The van der Waals surface area contributed by atoms with Crippen LogP contribution < -0.4 is 0 Å². The number of fused-ring (bicyclic) bond motifs is 5. The Kier molecular flexibility index (Phi) is 4.40. The molecule has 1 fully saturated rings. The van der Waals surface area contributed by atoms with E-state index in [1.54, 1.807) is 12.4 Å². The lowest BCUT2D eigenvalue weighted by Gasteiger charge is -2.32. The average Bonchev–Trinajstić information content (AvgIpc) is 3.30. The zero-order chi connectivity index (χ0) is 20.2. The highest BCUT2D eigenvalue weighted by Crippen LogP contribution is 2.43. The highest BCUT2D eigenvalue weighted by atomic mass is 19.1. The molecule has 0 radical (unpaired) electrons. The molecule has 2 unspecified atom stereocenters. The van der Waals surface area contributed by atoms with Gasteiger partial charge < -0.3 is 9.67 Å². The molecule has 2 aliphatic rings. The Morgan fingerprint density at radius 2 is 2.10 bits per heavy atom. The molecule has 0 aromatic carbocycles. The van der Waals surface area contributed by atoms with E-state index in [9.17, 15) is 9.50 Å². The lowest BCUT2D eigenvalue weighted by molar-refractivity contribution is 0.0380. The smallest absolute Gasteiger partial charge is 0.160 e. The maximum absolute atomic E-state index is 13.3. The third-order valence-corrected chi connectivity index (χ3v) is 6.45. The van der Waals surface area contributed by atoms with E-state index in [4.69, 9.17) is 0 Å². The number of halogens is 1. The van der Waals surface area contributed by atoms with Gasteiger partial charge in [-0.05, 0) is 39.3 Å². The predicted molar refractivity (Wildman–Crippen MR) is 108 cm³/mol. The molecule has 2 aliphatic heterocycles. The van der Waals surface area contributed by atoms with Gasteiger partial charge in [0.15, 0.2) is 5.82 Å². The number of nitrogens with zero attached hydrogens (tertiary/aromatic N) is 5. The maximum atomic E-state index is 13.3. The van der Waals surface area contributed by atoms with Gasteiger partial charge in [0.2, 0.25) is 0 Å². The van der Waals surface area contributed by atoms with Gasteiger partial charge in [-0.1, -0.05) is 6.07 Å². The van der Waals surface area contributed by atoms with Crippen molar-refractivity contribution < 1.29 is 9.50 Å². The summed E-state index contributed by atoms with van der Waals surface area (Å²) in [5.74, 6) is 0.224. The van der Waals surface area contributed by atoms with Gasteiger partial charge in [0.25, 0.3) is 0 Å². The van der Waals surface area contributed by atoms with E-state index < -0.39 is 12.3 Å². The number of rotatable bonds is 4. The summed E-state index contributed by atoms with van der Waals surface area (Å²) in [5.41, 5.74) is 4.73. The normalized spacial score (nSPS) is 21.2. The first-order valence-corrected chi connectivity index (χ1v) is 10.3. The summed E-state index contributed by atoms with van der Waals surface area (Å²) in [6.45, 7) is 5.57. The summed E-state index contributed by atoms with van der Waals surface area (Å²) < 4.78 is 15.5. The minimum absolute atomic E-state index is 0.224. The molecule has 5 heterocycles. The second kappa shape index (κ2) is 6.85. The summed E-state index contributed by atoms with van der Waals surface area (Å²) in [6.07, 6.45) is 6.63. The fourth-order valence-electron chi connectivity index (χ4n) is 4.96. The van der Waals surface area contributed by atoms with Crippen LogP contribution in [-0.2, 0) is 25.2 Å². The van der Waals surface area contributed by atoms with Crippen LogP contribution in [0.25, 0.3) is 11.0 Å². The SMILES string of the molecule is Cc1ccc(C(C)(O)Cn2c3c(c4nc(CF)ncc42)C2CCCN2CC3)cn1. The largest absolute Gasteiger partial charge is 0.384 e. The zero-order valence-corrected chi connectivity index (χ0v) is 16.9. The summed E-state index contributed by atoms with van der Waals surface area (Å²) in [7, 11) is 0. The molecule has 0 saturated carbocycles. The number of aromatic nitrogens is 4. The van der Waals surface area contributed by atoms with Crippen molar-refractivity contribution in [3.8, 4) is 0 Å². The Hall–Kier alpha value is -2.38.